The minimum Gasteiger partial charge on any atom is -0.492 e. The lowest BCUT2D eigenvalue weighted by Gasteiger charge is -2.18. The molecule has 1 N–H and O–H groups in total. The normalized spacial score (nSPS) is 10.1. The van der Waals surface area contributed by atoms with E-state index >= 15 is 0 Å². The summed E-state index contributed by atoms with van der Waals surface area (Å²) in [6.07, 6.45) is 0. The molecule has 0 radical (unpaired) electrons. The fourth-order valence-electron chi connectivity index (χ4n) is 1.71. The first-order valence-corrected chi connectivity index (χ1v) is 7.09. The second-order valence-corrected chi connectivity index (χ2v) is 5.07. The molecular formula is C16H16ClFN2O2. The number of ether oxygens (including phenoxy) is 1. The highest BCUT2D eigenvalue weighted by atomic mass is 35.5. The molecular weight excluding hydrogens is 307 g/mol. The maximum Gasteiger partial charge on any atom is 0.321 e. The lowest BCUT2D eigenvalue weighted by Crippen LogP contribution is -2.34. The number of benzene rings is 2. The van der Waals surface area contributed by atoms with Crippen LogP contribution in [0.5, 0.6) is 5.75 Å². The third-order valence-electron chi connectivity index (χ3n) is 2.97. The zero-order chi connectivity index (χ0) is 15.9. The first kappa shape index (κ1) is 16.1. The van der Waals surface area contributed by atoms with Gasteiger partial charge >= 0.3 is 6.03 Å². The molecule has 116 valence electrons. The van der Waals surface area contributed by atoms with Crippen LogP contribution in [0.25, 0.3) is 0 Å². The lowest BCUT2D eigenvalue weighted by molar-refractivity contribution is 0.207. The molecule has 0 aliphatic rings. The van der Waals surface area contributed by atoms with Crippen molar-refractivity contribution in [2.24, 2.45) is 0 Å². The number of carbonyl (C=O) groups excluding carboxylic acids is 1. The van der Waals surface area contributed by atoms with Crippen LogP contribution in [-0.4, -0.2) is 31.1 Å². The van der Waals surface area contributed by atoms with E-state index in [0.717, 1.165) is 0 Å². The monoisotopic (exact) mass is 322 g/mol. The summed E-state index contributed by atoms with van der Waals surface area (Å²) < 4.78 is 19.0. The molecule has 2 aromatic rings. The van der Waals surface area contributed by atoms with Gasteiger partial charge in [0.2, 0.25) is 0 Å². The molecule has 0 unspecified atom stereocenters. The van der Waals surface area contributed by atoms with E-state index in [4.69, 9.17) is 16.3 Å². The van der Waals surface area contributed by atoms with Gasteiger partial charge in [0.25, 0.3) is 0 Å². The molecule has 0 saturated heterocycles. The molecule has 0 aliphatic heterocycles. The van der Waals surface area contributed by atoms with E-state index in [2.05, 4.69) is 5.32 Å². The highest BCUT2D eigenvalue weighted by molar-refractivity contribution is 6.30. The van der Waals surface area contributed by atoms with Gasteiger partial charge in [-0.1, -0.05) is 23.7 Å². The van der Waals surface area contributed by atoms with Crippen LogP contribution in [-0.2, 0) is 0 Å². The number of hydrogen-bond acceptors (Lipinski definition) is 2. The Morgan fingerprint density at radius 1 is 1.23 bits per heavy atom. The molecule has 0 bridgehead atoms. The average Bonchev–Trinajstić information content (AvgIpc) is 2.51. The average molecular weight is 323 g/mol. The summed E-state index contributed by atoms with van der Waals surface area (Å²) in [4.78, 5) is 13.3. The van der Waals surface area contributed by atoms with Gasteiger partial charge in [0.1, 0.15) is 18.2 Å². The van der Waals surface area contributed by atoms with E-state index < -0.39 is 11.8 Å². The van der Waals surface area contributed by atoms with E-state index in [-0.39, 0.29) is 5.69 Å². The highest BCUT2D eigenvalue weighted by Crippen LogP contribution is 2.15. The summed E-state index contributed by atoms with van der Waals surface area (Å²) >= 11 is 5.78. The van der Waals surface area contributed by atoms with Crippen LogP contribution in [0, 0.1) is 5.82 Å². The highest BCUT2D eigenvalue weighted by Gasteiger charge is 2.10. The topological polar surface area (TPSA) is 41.6 Å². The van der Waals surface area contributed by atoms with E-state index in [1.165, 1.54) is 17.0 Å². The number of likely N-dealkylation sites (N-methyl/N-ethyl adjacent to an activating group) is 1. The van der Waals surface area contributed by atoms with E-state index in [9.17, 15) is 9.18 Å². The van der Waals surface area contributed by atoms with E-state index in [1.54, 1.807) is 43.4 Å². The first-order chi connectivity index (χ1) is 10.6. The van der Waals surface area contributed by atoms with Crippen molar-refractivity contribution in [3.8, 4) is 5.75 Å². The van der Waals surface area contributed by atoms with Crippen molar-refractivity contribution >= 4 is 23.3 Å². The zero-order valence-corrected chi connectivity index (χ0v) is 12.8. The summed E-state index contributed by atoms with van der Waals surface area (Å²) in [6.45, 7) is 0.686. The maximum absolute atomic E-state index is 13.5. The fraction of sp³-hybridized carbons (Fsp3) is 0.188. The van der Waals surface area contributed by atoms with Gasteiger partial charge in [0.15, 0.2) is 0 Å². The number of amides is 2. The fourth-order valence-corrected chi connectivity index (χ4v) is 1.83. The van der Waals surface area contributed by atoms with Crippen LogP contribution in [0.4, 0.5) is 14.9 Å². The van der Waals surface area contributed by atoms with Crippen LogP contribution >= 0.6 is 11.6 Å². The number of urea groups is 1. The smallest absolute Gasteiger partial charge is 0.321 e. The molecule has 4 nitrogen and oxygen atoms in total. The minimum absolute atomic E-state index is 0.151. The SMILES string of the molecule is CN(CCOc1ccc(Cl)cc1)C(=O)Nc1ccccc1F. The lowest BCUT2D eigenvalue weighted by atomic mass is 10.3. The molecule has 6 heteroatoms. The molecule has 0 atom stereocenters. The molecule has 0 heterocycles. The number of rotatable bonds is 5. The maximum atomic E-state index is 13.5. The quantitative estimate of drug-likeness (QED) is 0.903. The van der Waals surface area contributed by atoms with Crippen molar-refractivity contribution in [1.29, 1.82) is 0 Å². The van der Waals surface area contributed by atoms with Crippen molar-refractivity contribution < 1.29 is 13.9 Å². The first-order valence-electron chi connectivity index (χ1n) is 6.71. The van der Waals surface area contributed by atoms with Crippen LogP contribution in [0.15, 0.2) is 48.5 Å². The van der Waals surface area contributed by atoms with Gasteiger partial charge in [-0.2, -0.15) is 0 Å². The number of halogens is 2. The number of para-hydroxylation sites is 1. The molecule has 2 aromatic carbocycles. The van der Waals surface area contributed by atoms with Crippen LogP contribution in [0.1, 0.15) is 0 Å². The number of nitrogens with zero attached hydrogens (tertiary/aromatic N) is 1. The standard InChI is InChI=1S/C16H16ClFN2O2/c1-20(10-11-22-13-8-6-12(17)7-9-13)16(21)19-15-5-3-2-4-14(15)18/h2-9H,10-11H2,1H3,(H,19,21). The minimum atomic E-state index is -0.471. The number of carbonyl (C=O) groups is 1. The summed E-state index contributed by atoms with van der Waals surface area (Å²) in [5.74, 6) is 0.203. The Morgan fingerprint density at radius 3 is 2.59 bits per heavy atom. The summed E-state index contributed by atoms with van der Waals surface area (Å²) in [5, 5.41) is 3.14. The molecule has 2 rings (SSSR count). The van der Waals surface area contributed by atoms with Gasteiger partial charge in [-0.25, -0.2) is 9.18 Å². The Labute approximate surface area is 133 Å². The third-order valence-corrected chi connectivity index (χ3v) is 3.22. The predicted octanol–water partition coefficient (Wildman–Crippen LogP) is 4.02. The van der Waals surface area contributed by atoms with Crippen LogP contribution in [0.3, 0.4) is 0 Å². The van der Waals surface area contributed by atoms with Gasteiger partial charge in [0, 0.05) is 12.1 Å². The number of anilines is 1. The molecule has 22 heavy (non-hydrogen) atoms. The third kappa shape index (κ3) is 4.63. The largest absolute Gasteiger partial charge is 0.492 e. The Bertz CT molecular complexity index is 634. The molecule has 2 amide bonds. The van der Waals surface area contributed by atoms with Crippen LogP contribution < -0.4 is 10.1 Å². The van der Waals surface area contributed by atoms with Crippen molar-refractivity contribution in [1.82, 2.24) is 4.90 Å². The van der Waals surface area contributed by atoms with Gasteiger partial charge in [-0.3, -0.25) is 0 Å². The second-order valence-electron chi connectivity index (χ2n) is 4.63. The van der Waals surface area contributed by atoms with Crippen LogP contribution in [0.2, 0.25) is 5.02 Å². The van der Waals surface area contributed by atoms with Crippen molar-refractivity contribution in [2.75, 3.05) is 25.5 Å². The zero-order valence-electron chi connectivity index (χ0n) is 12.1. The Morgan fingerprint density at radius 2 is 1.91 bits per heavy atom. The Balaban J connectivity index is 1.79. The molecule has 0 aliphatic carbocycles. The van der Waals surface area contributed by atoms with Gasteiger partial charge in [-0.05, 0) is 36.4 Å². The van der Waals surface area contributed by atoms with Crippen molar-refractivity contribution in [2.45, 2.75) is 0 Å². The van der Waals surface area contributed by atoms with Gasteiger partial charge in [-0.15, -0.1) is 0 Å². The Hall–Kier alpha value is -2.27. The van der Waals surface area contributed by atoms with Gasteiger partial charge < -0.3 is 15.0 Å². The molecule has 0 spiro atoms. The van der Waals surface area contributed by atoms with Crippen molar-refractivity contribution in [3.63, 3.8) is 0 Å². The summed E-state index contributed by atoms with van der Waals surface area (Å²) in [7, 11) is 1.61. The summed E-state index contributed by atoms with van der Waals surface area (Å²) in [6, 6.07) is 12.6. The van der Waals surface area contributed by atoms with Crippen molar-refractivity contribution in [3.05, 3.63) is 59.4 Å². The molecule has 0 aromatic heterocycles. The van der Waals surface area contributed by atoms with E-state index in [1.807, 2.05) is 0 Å². The predicted molar refractivity (Wildman–Crippen MR) is 85.0 cm³/mol. The Kier molecular flexibility index (Phi) is 5.61. The number of nitrogens with one attached hydrogen (secondary N) is 1. The molecule has 0 fully saturated rings. The second kappa shape index (κ2) is 7.66. The molecule has 0 saturated carbocycles. The van der Waals surface area contributed by atoms with E-state index in [0.29, 0.717) is 23.9 Å². The number of hydrogen-bond donors (Lipinski definition) is 1. The van der Waals surface area contributed by atoms with Gasteiger partial charge in [0.05, 0.1) is 12.2 Å². The summed E-state index contributed by atoms with van der Waals surface area (Å²) in [5.41, 5.74) is 0.151.